The average Bonchev–Trinajstić information content (AvgIpc) is 2.64. The minimum Gasteiger partial charge on any atom is -0.478 e. The van der Waals surface area contributed by atoms with Crippen molar-refractivity contribution in [1.29, 1.82) is 0 Å². The maximum absolute atomic E-state index is 12.6. The molecule has 6 nitrogen and oxygen atoms in total. The number of thioether (sulfide) groups is 1. The summed E-state index contributed by atoms with van der Waals surface area (Å²) >= 11 is 1.52. The zero-order valence-corrected chi connectivity index (χ0v) is 13.8. The highest BCUT2D eigenvalue weighted by atomic mass is 32.2. The first kappa shape index (κ1) is 17.1. The van der Waals surface area contributed by atoms with Gasteiger partial charge in [0.1, 0.15) is 22.0 Å². The Morgan fingerprint density at radius 3 is 2.40 bits per heavy atom. The Kier molecular flexibility index (Phi) is 5.28. The quantitative estimate of drug-likeness (QED) is 0.862. The second-order valence-electron chi connectivity index (χ2n) is 4.55. The lowest BCUT2D eigenvalue weighted by molar-refractivity contribution is 0.0691. The number of aromatic carboxylic acids is 1. The van der Waals surface area contributed by atoms with E-state index in [0.29, 0.717) is 5.75 Å². The van der Waals surface area contributed by atoms with Gasteiger partial charge in [-0.25, -0.2) is 13.2 Å². The molecule has 0 fully saturated rings. The van der Waals surface area contributed by atoms with Crippen LogP contribution in [0.15, 0.2) is 9.31 Å². The van der Waals surface area contributed by atoms with E-state index < -0.39 is 16.0 Å². The summed E-state index contributed by atoms with van der Waals surface area (Å²) in [5.74, 6) is -0.486. The number of hydrogen-bond donors (Lipinski definition) is 1. The lowest BCUT2D eigenvalue weighted by Crippen LogP contribution is -2.37. The number of aryl methyl sites for hydroxylation is 2. The van der Waals surface area contributed by atoms with Crippen molar-refractivity contribution in [3.05, 3.63) is 17.1 Å². The van der Waals surface area contributed by atoms with Gasteiger partial charge in [-0.05, 0) is 27.0 Å². The number of carboxylic acids is 1. The third kappa shape index (κ3) is 3.02. The molecule has 1 heterocycles. The number of carboxylic acid groups (broad SMARTS) is 1. The normalized spacial score (nSPS) is 13.7. The molecule has 0 aliphatic rings. The van der Waals surface area contributed by atoms with Crippen LogP contribution >= 0.6 is 11.8 Å². The monoisotopic (exact) mass is 321 g/mol. The number of hydrogen-bond acceptors (Lipinski definition) is 5. The van der Waals surface area contributed by atoms with Gasteiger partial charge in [0.2, 0.25) is 10.0 Å². The predicted molar refractivity (Wildman–Crippen MR) is 77.9 cm³/mol. The summed E-state index contributed by atoms with van der Waals surface area (Å²) in [7, 11) is -2.45. The van der Waals surface area contributed by atoms with Crippen LogP contribution in [0.1, 0.15) is 28.8 Å². The van der Waals surface area contributed by atoms with Gasteiger partial charge in [0.05, 0.1) is 0 Å². The molecule has 1 N–H and O–H groups in total. The van der Waals surface area contributed by atoms with Crippen molar-refractivity contribution < 1.29 is 22.7 Å². The fourth-order valence-corrected chi connectivity index (χ4v) is 4.48. The van der Waals surface area contributed by atoms with Crippen molar-refractivity contribution >= 4 is 27.8 Å². The van der Waals surface area contributed by atoms with Gasteiger partial charge in [0, 0.05) is 18.8 Å². The predicted octanol–water partition coefficient (Wildman–Crippen LogP) is 1.97. The molecule has 0 aliphatic carbocycles. The Hall–Kier alpha value is -0.990. The van der Waals surface area contributed by atoms with Crippen molar-refractivity contribution in [1.82, 2.24) is 4.31 Å². The van der Waals surface area contributed by atoms with Crippen molar-refractivity contribution in [2.75, 3.05) is 19.1 Å². The summed E-state index contributed by atoms with van der Waals surface area (Å²) < 4.78 is 31.6. The fraction of sp³-hybridized carbons (Fsp3) is 0.583. The molecular weight excluding hydrogens is 302 g/mol. The van der Waals surface area contributed by atoms with Crippen molar-refractivity contribution in [3.63, 3.8) is 0 Å². The molecule has 0 saturated heterocycles. The van der Waals surface area contributed by atoms with Gasteiger partial charge in [-0.3, -0.25) is 0 Å². The Labute approximate surface area is 123 Å². The summed E-state index contributed by atoms with van der Waals surface area (Å²) in [6.07, 6.45) is 1.88. The van der Waals surface area contributed by atoms with Crippen molar-refractivity contribution in [3.8, 4) is 0 Å². The summed E-state index contributed by atoms with van der Waals surface area (Å²) in [5, 5.41) is 9.20. The van der Waals surface area contributed by atoms with E-state index in [0.717, 1.165) is 0 Å². The highest BCUT2D eigenvalue weighted by molar-refractivity contribution is 7.98. The van der Waals surface area contributed by atoms with E-state index in [4.69, 9.17) is 4.42 Å². The van der Waals surface area contributed by atoms with Gasteiger partial charge >= 0.3 is 5.97 Å². The topological polar surface area (TPSA) is 87.8 Å². The molecule has 0 spiro atoms. The van der Waals surface area contributed by atoms with Crippen LogP contribution in [0.25, 0.3) is 0 Å². The molecule has 1 unspecified atom stereocenters. The molecule has 20 heavy (non-hydrogen) atoms. The molecule has 0 radical (unpaired) electrons. The fourth-order valence-electron chi connectivity index (χ4n) is 1.95. The van der Waals surface area contributed by atoms with E-state index in [1.165, 1.54) is 37.0 Å². The van der Waals surface area contributed by atoms with E-state index in [-0.39, 0.29) is 28.0 Å². The Morgan fingerprint density at radius 2 is 1.95 bits per heavy atom. The largest absolute Gasteiger partial charge is 0.478 e. The van der Waals surface area contributed by atoms with Crippen LogP contribution in [0.5, 0.6) is 0 Å². The van der Waals surface area contributed by atoms with Gasteiger partial charge in [-0.15, -0.1) is 0 Å². The number of sulfonamides is 1. The molecule has 0 amide bonds. The maximum Gasteiger partial charge on any atom is 0.340 e. The second kappa shape index (κ2) is 6.19. The van der Waals surface area contributed by atoms with Crippen LogP contribution in [0, 0.1) is 13.8 Å². The standard InChI is InChI=1S/C12H19NO5S2/c1-7(6-19-5)13(4)20(16,17)11-9(3)18-8(2)10(11)12(14)15/h7H,6H2,1-5H3,(H,14,15). The number of rotatable bonds is 6. The maximum atomic E-state index is 12.6. The molecule has 0 aliphatic heterocycles. The first-order valence-electron chi connectivity index (χ1n) is 5.94. The van der Waals surface area contributed by atoms with Crippen molar-refractivity contribution in [2.45, 2.75) is 31.7 Å². The van der Waals surface area contributed by atoms with Gasteiger partial charge in [-0.2, -0.15) is 16.1 Å². The second-order valence-corrected chi connectivity index (χ2v) is 7.39. The summed E-state index contributed by atoms with van der Waals surface area (Å²) in [6.45, 7) is 4.68. The molecule has 1 aromatic heterocycles. The van der Waals surface area contributed by atoms with E-state index in [1.54, 1.807) is 6.92 Å². The van der Waals surface area contributed by atoms with Crippen LogP contribution < -0.4 is 0 Å². The third-order valence-corrected chi connectivity index (χ3v) is 6.03. The molecule has 0 aromatic carbocycles. The SMILES string of the molecule is CSCC(C)N(C)S(=O)(=O)c1c(C)oc(C)c1C(=O)O. The molecule has 1 aromatic rings. The van der Waals surface area contributed by atoms with Crippen LogP contribution in [-0.2, 0) is 10.0 Å². The first-order valence-corrected chi connectivity index (χ1v) is 8.78. The van der Waals surface area contributed by atoms with Crippen LogP contribution in [0.3, 0.4) is 0 Å². The number of carbonyl (C=O) groups is 1. The average molecular weight is 321 g/mol. The third-order valence-electron chi connectivity index (χ3n) is 3.08. The number of furan rings is 1. The highest BCUT2D eigenvalue weighted by Crippen LogP contribution is 2.29. The summed E-state index contributed by atoms with van der Waals surface area (Å²) in [5.41, 5.74) is -0.286. The summed E-state index contributed by atoms with van der Waals surface area (Å²) in [6, 6.07) is -0.244. The Balaban J connectivity index is 3.40. The molecule has 0 saturated carbocycles. The molecule has 114 valence electrons. The first-order chi connectivity index (χ1) is 9.14. The van der Waals surface area contributed by atoms with Crippen molar-refractivity contribution in [2.24, 2.45) is 0 Å². The van der Waals surface area contributed by atoms with Gasteiger partial charge in [-0.1, -0.05) is 0 Å². The zero-order chi connectivity index (χ0) is 15.7. The van der Waals surface area contributed by atoms with E-state index in [9.17, 15) is 18.3 Å². The Morgan fingerprint density at radius 1 is 1.40 bits per heavy atom. The lowest BCUT2D eigenvalue weighted by atomic mass is 10.2. The van der Waals surface area contributed by atoms with Crippen LogP contribution in [0.4, 0.5) is 0 Å². The molecular formula is C12H19NO5S2. The van der Waals surface area contributed by atoms with E-state index in [1.807, 2.05) is 6.26 Å². The smallest absolute Gasteiger partial charge is 0.340 e. The lowest BCUT2D eigenvalue weighted by Gasteiger charge is -2.23. The zero-order valence-electron chi connectivity index (χ0n) is 12.1. The molecule has 1 atom stereocenters. The molecule has 0 bridgehead atoms. The van der Waals surface area contributed by atoms with Gasteiger partial charge in [0.15, 0.2) is 0 Å². The van der Waals surface area contributed by atoms with Crippen LogP contribution in [0.2, 0.25) is 0 Å². The van der Waals surface area contributed by atoms with Crippen LogP contribution in [-0.4, -0.2) is 48.9 Å². The minimum absolute atomic E-state index is 0.0968. The minimum atomic E-state index is -3.90. The summed E-state index contributed by atoms with van der Waals surface area (Å²) in [4.78, 5) is 11.0. The number of nitrogens with zero attached hydrogens (tertiary/aromatic N) is 1. The molecule has 1 rings (SSSR count). The van der Waals surface area contributed by atoms with Gasteiger partial charge in [0.25, 0.3) is 0 Å². The highest BCUT2D eigenvalue weighted by Gasteiger charge is 2.35. The molecule has 8 heteroatoms. The van der Waals surface area contributed by atoms with Gasteiger partial charge < -0.3 is 9.52 Å². The van der Waals surface area contributed by atoms with E-state index in [2.05, 4.69) is 0 Å². The van der Waals surface area contributed by atoms with E-state index >= 15 is 0 Å². The Bertz CT molecular complexity index is 606.